The van der Waals surface area contributed by atoms with Crippen molar-refractivity contribution in [2.75, 3.05) is 26.2 Å². The Balaban J connectivity index is 2.27. The van der Waals surface area contributed by atoms with Gasteiger partial charge in [0.25, 0.3) is 0 Å². The molecule has 6 heteroatoms. The lowest BCUT2D eigenvalue weighted by molar-refractivity contribution is -0.124. The zero-order valence-electron chi connectivity index (χ0n) is 14.8. The summed E-state index contributed by atoms with van der Waals surface area (Å²) in [4.78, 5) is 18.6. The van der Waals surface area contributed by atoms with Gasteiger partial charge in [-0.15, -0.1) is 0 Å². The van der Waals surface area contributed by atoms with Crippen LogP contribution in [0.25, 0.3) is 0 Å². The maximum Gasteiger partial charge on any atom is 0.234 e. The van der Waals surface area contributed by atoms with Crippen molar-refractivity contribution in [1.82, 2.24) is 15.5 Å². The molecule has 0 bridgehead atoms. The van der Waals surface area contributed by atoms with Crippen LogP contribution in [-0.4, -0.2) is 54.5 Å². The Morgan fingerprint density at radius 3 is 2.41 bits per heavy atom. The van der Waals surface area contributed by atoms with Gasteiger partial charge in [-0.05, 0) is 66.5 Å². The number of hydrogen-bond donors (Lipinski definition) is 3. The quantitative estimate of drug-likeness (QED) is 0.521. The van der Waals surface area contributed by atoms with Crippen LogP contribution in [0.2, 0.25) is 0 Å². The van der Waals surface area contributed by atoms with Crippen LogP contribution in [0.15, 0.2) is 4.99 Å². The molecule has 0 radical (unpaired) electrons. The largest absolute Gasteiger partial charge is 0.370 e. The number of nitrogens with one attached hydrogen (secondary N) is 2. The molecule has 0 atom stereocenters. The summed E-state index contributed by atoms with van der Waals surface area (Å²) in [6.45, 7) is 13.3. The Morgan fingerprint density at radius 2 is 1.91 bits per heavy atom. The lowest BCUT2D eigenvalue weighted by Crippen LogP contribution is -2.47. The van der Waals surface area contributed by atoms with E-state index in [1.165, 1.54) is 0 Å². The molecule has 1 amide bonds. The molecule has 0 aromatic rings. The van der Waals surface area contributed by atoms with Gasteiger partial charge in [0.15, 0.2) is 5.96 Å². The van der Waals surface area contributed by atoms with Crippen LogP contribution in [0.1, 0.15) is 47.5 Å². The topological polar surface area (TPSA) is 82.8 Å². The molecule has 1 aliphatic rings. The fourth-order valence-electron chi connectivity index (χ4n) is 2.56. The standard InChI is InChI=1S/C16H33N5O/c1-12(2)19-15(17)18-10-13-6-8-21(9-7-13)11-14(22)20-16(3,4)5/h12-13H,6-11H2,1-5H3,(H,20,22)(H3,17,18,19). The first-order valence-electron chi connectivity index (χ1n) is 8.25. The molecule has 0 saturated carbocycles. The third kappa shape index (κ3) is 8.22. The van der Waals surface area contributed by atoms with E-state index >= 15 is 0 Å². The molecule has 0 aromatic carbocycles. The molecular formula is C16H33N5O. The van der Waals surface area contributed by atoms with Crippen LogP contribution in [-0.2, 0) is 4.79 Å². The predicted octanol–water partition coefficient (Wildman–Crippen LogP) is 0.926. The van der Waals surface area contributed by atoms with Gasteiger partial charge in [-0.2, -0.15) is 0 Å². The minimum atomic E-state index is -0.162. The Morgan fingerprint density at radius 1 is 1.32 bits per heavy atom. The van der Waals surface area contributed by atoms with Crippen LogP contribution in [0.3, 0.4) is 0 Å². The minimum absolute atomic E-state index is 0.106. The normalized spacial score (nSPS) is 18.5. The number of piperidine rings is 1. The van der Waals surface area contributed by atoms with E-state index < -0.39 is 0 Å². The summed E-state index contributed by atoms with van der Waals surface area (Å²) < 4.78 is 0. The SMILES string of the molecule is CC(C)NC(N)=NCC1CCN(CC(=O)NC(C)(C)C)CC1. The molecule has 0 spiro atoms. The van der Waals surface area contributed by atoms with Crippen LogP contribution >= 0.6 is 0 Å². The number of carbonyl (C=O) groups is 1. The summed E-state index contributed by atoms with van der Waals surface area (Å²) in [5.41, 5.74) is 5.66. The molecule has 6 nitrogen and oxygen atoms in total. The Labute approximate surface area is 134 Å². The number of nitrogens with zero attached hydrogens (tertiary/aromatic N) is 2. The summed E-state index contributed by atoms with van der Waals surface area (Å²) in [7, 11) is 0. The van der Waals surface area contributed by atoms with E-state index in [1.807, 2.05) is 34.6 Å². The average Bonchev–Trinajstić information content (AvgIpc) is 2.34. The minimum Gasteiger partial charge on any atom is -0.370 e. The second kappa shape index (κ2) is 8.36. The van der Waals surface area contributed by atoms with Crippen molar-refractivity contribution in [2.45, 2.75) is 59.0 Å². The van der Waals surface area contributed by atoms with E-state index in [4.69, 9.17) is 5.73 Å². The number of carbonyl (C=O) groups excluding carboxylic acids is 1. The molecular weight excluding hydrogens is 278 g/mol. The smallest absolute Gasteiger partial charge is 0.234 e. The highest BCUT2D eigenvalue weighted by atomic mass is 16.2. The van der Waals surface area contributed by atoms with Gasteiger partial charge in [0, 0.05) is 18.1 Å². The second-order valence-electron chi connectivity index (χ2n) is 7.54. The van der Waals surface area contributed by atoms with E-state index in [1.54, 1.807) is 0 Å². The first-order chi connectivity index (χ1) is 10.2. The maximum absolute atomic E-state index is 11.9. The predicted molar refractivity (Wildman–Crippen MR) is 91.8 cm³/mol. The first-order valence-corrected chi connectivity index (χ1v) is 8.25. The van der Waals surface area contributed by atoms with Crippen molar-refractivity contribution in [3.05, 3.63) is 0 Å². The highest BCUT2D eigenvalue weighted by Gasteiger charge is 2.22. The summed E-state index contributed by atoms with van der Waals surface area (Å²) in [6.07, 6.45) is 2.14. The number of hydrogen-bond acceptors (Lipinski definition) is 3. The van der Waals surface area contributed by atoms with Gasteiger partial charge in [-0.1, -0.05) is 0 Å². The number of likely N-dealkylation sites (tertiary alicyclic amines) is 1. The van der Waals surface area contributed by atoms with Gasteiger partial charge >= 0.3 is 0 Å². The van der Waals surface area contributed by atoms with E-state index in [0.717, 1.165) is 32.5 Å². The van der Waals surface area contributed by atoms with Crippen molar-refractivity contribution < 1.29 is 4.79 Å². The second-order valence-corrected chi connectivity index (χ2v) is 7.54. The summed E-state index contributed by atoms with van der Waals surface area (Å²) in [5, 5.41) is 6.11. The number of rotatable bonds is 5. The van der Waals surface area contributed by atoms with Crippen LogP contribution in [0.4, 0.5) is 0 Å². The molecule has 4 N–H and O–H groups in total. The molecule has 0 aromatic heterocycles. The van der Waals surface area contributed by atoms with Crippen molar-refractivity contribution in [1.29, 1.82) is 0 Å². The van der Waals surface area contributed by atoms with Gasteiger partial charge in [-0.25, -0.2) is 0 Å². The Bertz CT molecular complexity index is 378. The third-order valence-electron chi connectivity index (χ3n) is 3.55. The van der Waals surface area contributed by atoms with Crippen LogP contribution in [0, 0.1) is 5.92 Å². The fourth-order valence-corrected chi connectivity index (χ4v) is 2.56. The van der Waals surface area contributed by atoms with Gasteiger partial charge in [0.05, 0.1) is 6.54 Å². The van der Waals surface area contributed by atoms with E-state index in [-0.39, 0.29) is 11.4 Å². The van der Waals surface area contributed by atoms with Crippen LogP contribution in [0.5, 0.6) is 0 Å². The molecule has 1 rings (SSSR count). The lowest BCUT2D eigenvalue weighted by atomic mass is 9.97. The van der Waals surface area contributed by atoms with Crippen molar-refractivity contribution in [3.8, 4) is 0 Å². The number of amides is 1. The molecule has 128 valence electrons. The number of aliphatic imine (C=N–C) groups is 1. The zero-order chi connectivity index (χ0) is 16.8. The van der Waals surface area contributed by atoms with Gasteiger partial charge in [0.1, 0.15) is 0 Å². The maximum atomic E-state index is 11.9. The Hall–Kier alpha value is -1.30. The van der Waals surface area contributed by atoms with E-state index in [0.29, 0.717) is 24.5 Å². The molecule has 22 heavy (non-hydrogen) atoms. The van der Waals surface area contributed by atoms with Crippen molar-refractivity contribution in [2.24, 2.45) is 16.6 Å². The lowest BCUT2D eigenvalue weighted by Gasteiger charge is -2.31. The summed E-state index contributed by atoms with van der Waals surface area (Å²) >= 11 is 0. The molecule has 0 aliphatic carbocycles. The van der Waals surface area contributed by atoms with Crippen LogP contribution < -0.4 is 16.4 Å². The summed E-state index contributed by atoms with van der Waals surface area (Å²) in [5.74, 6) is 1.20. The Kier molecular flexibility index (Phi) is 7.13. The molecule has 1 saturated heterocycles. The van der Waals surface area contributed by atoms with Gasteiger partial charge in [0.2, 0.25) is 5.91 Å². The molecule has 1 aliphatic heterocycles. The monoisotopic (exact) mass is 311 g/mol. The van der Waals surface area contributed by atoms with Gasteiger partial charge in [-0.3, -0.25) is 14.7 Å². The zero-order valence-corrected chi connectivity index (χ0v) is 14.8. The molecule has 1 fully saturated rings. The first kappa shape index (κ1) is 18.7. The highest BCUT2D eigenvalue weighted by molar-refractivity contribution is 5.78. The number of nitrogens with two attached hydrogens (primary N) is 1. The number of guanidine groups is 1. The average molecular weight is 311 g/mol. The summed E-state index contributed by atoms with van der Waals surface area (Å²) in [6, 6.07) is 0.312. The molecule has 0 unspecified atom stereocenters. The highest BCUT2D eigenvalue weighted by Crippen LogP contribution is 2.17. The van der Waals surface area contributed by atoms with Crippen molar-refractivity contribution in [3.63, 3.8) is 0 Å². The van der Waals surface area contributed by atoms with Crippen molar-refractivity contribution >= 4 is 11.9 Å². The molecule has 1 heterocycles. The van der Waals surface area contributed by atoms with E-state index in [2.05, 4.69) is 20.5 Å². The third-order valence-corrected chi connectivity index (χ3v) is 3.55. The van der Waals surface area contributed by atoms with E-state index in [9.17, 15) is 4.79 Å². The fraction of sp³-hybridized carbons (Fsp3) is 0.875. The van der Waals surface area contributed by atoms with Gasteiger partial charge < -0.3 is 16.4 Å².